The fourth-order valence-electron chi connectivity index (χ4n) is 4.57. The summed E-state index contributed by atoms with van der Waals surface area (Å²) in [5.41, 5.74) is 0.796. The van der Waals surface area contributed by atoms with E-state index in [4.69, 9.17) is 11.6 Å². The van der Waals surface area contributed by atoms with Crippen molar-refractivity contribution in [2.24, 2.45) is 5.92 Å². The van der Waals surface area contributed by atoms with Gasteiger partial charge in [-0.05, 0) is 56.2 Å². The van der Waals surface area contributed by atoms with Crippen LogP contribution in [0.3, 0.4) is 0 Å². The van der Waals surface area contributed by atoms with Crippen molar-refractivity contribution in [1.82, 2.24) is 10.6 Å². The average Bonchev–Trinajstić information content (AvgIpc) is 3.10. The van der Waals surface area contributed by atoms with Gasteiger partial charge in [-0.2, -0.15) is 0 Å². The number of nitrogens with one attached hydrogen (secondary N) is 2. The minimum atomic E-state index is -0.412. The Bertz CT molecular complexity index is 673. The highest BCUT2D eigenvalue weighted by Crippen LogP contribution is 2.32. The van der Waals surface area contributed by atoms with E-state index < -0.39 is 6.04 Å². The van der Waals surface area contributed by atoms with Crippen molar-refractivity contribution in [3.63, 3.8) is 0 Å². The van der Waals surface area contributed by atoms with E-state index in [0.29, 0.717) is 42.4 Å². The third-order valence-electron chi connectivity index (χ3n) is 5.71. The van der Waals surface area contributed by atoms with Gasteiger partial charge >= 0.3 is 0 Å². The van der Waals surface area contributed by atoms with Crippen LogP contribution in [0.25, 0.3) is 0 Å². The van der Waals surface area contributed by atoms with E-state index in [1.54, 1.807) is 17.0 Å². The largest absolute Gasteiger partial charge is 0.344 e. The lowest BCUT2D eigenvalue weighted by Crippen LogP contribution is -2.44. The van der Waals surface area contributed by atoms with Crippen LogP contribution in [0.5, 0.6) is 0 Å². The highest BCUT2D eigenvalue weighted by Gasteiger charge is 2.36. The Kier molecular flexibility index (Phi) is 6.10. The number of rotatable bonds is 4. The van der Waals surface area contributed by atoms with Gasteiger partial charge in [0.15, 0.2) is 0 Å². The molecule has 7 heteroatoms. The van der Waals surface area contributed by atoms with E-state index in [2.05, 4.69) is 10.6 Å². The molecule has 0 aliphatic carbocycles. The van der Waals surface area contributed by atoms with E-state index in [9.17, 15) is 9.59 Å². The zero-order valence-corrected chi connectivity index (χ0v) is 16.2. The van der Waals surface area contributed by atoms with Crippen molar-refractivity contribution in [2.75, 3.05) is 11.4 Å². The third-order valence-corrected chi connectivity index (χ3v) is 5.94. The quantitative estimate of drug-likeness (QED) is 0.820. The predicted molar refractivity (Wildman–Crippen MR) is 105 cm³/mol. The van der Waals surface area contributed by atoms with Gasteiger partial charge in [-0.25, -0.2) is 0 Å². The molecule has 3 atom stereocenters. The SMILES string of the molecule is Cl.O=C(CC1CC2CCC(C1)N2)NC1CCN(c2cccc(Cl)c2)C1=O. The zero-order valence-electron chi connectivity index (χ0n) is 14.6. The topological polar surface area (TPSA) is 61.4 Å². The first-order chi connectivity index (χ1) is 12.1. The first-order valence-corrected chi connectivity index (χ1v) is 9.58. The summed E-state index contributed by atoms with van der Waals surface area (Å²) in [7, 11) is 0. The molecule has 26 heavy (non-hydrogen) atoms. The van der Waals surface area contributed by atoms with Crippen molar-refractivity contribution >= 4 is 41.5 Å². The molecule has 2 bridgehead atoms. The maximum Gasteiger partial charge on any atom is 0.249 e. The molecule has 3 saturated heterocycles. The maximum atomic E-state index is 12.6. The molecule has 0 radical (unpaired) electrons. The predicted octanol–water partition coefficient (Wildman–Crippen LogP) is 2.90. The summed E-state index contributed by atoms with van der Waals surface area (Å²) >= 11 is 6.02. The first kappa shape index (κ1) is 19.5. The number of carbonyl (C=O) groups is 2. The van der Waals surface area contributed by atoms with Crippen LogP contribution in [0, 0.1) is 5.92 Å². The second kappa shape index (κ2) is 8.15. The lowest BCUT2D eigenvalue weighted by molar-refractivity contribution is -0.127. The van der Waals surface area contributed by atoms with E-state index >= 15 is 0 Å². The summed E-state index contributed by atoms with van der Waals surface area (Å²) in [4.78, 5) is 26.7. The number of halogens is 2. The van der Waals surface area contributed by atoms with Crippen molar-refractivity contribution in [3.05, 3.63) is 29.3 Å². The lowest BCUT2D eigenvalue weighted by atomic mass is 9.89. The van der Waals surface area contributed by atoms with E-state index in [0.717, 1.165) is 18.5 Å². The molecule has 4 rings (SSSR count). The number of hydrogen-bond donors (Lipinski definition) is 2. The summed E-state index contributed by atoms with van der Waals surface area (Å²) in [6.07, 6.45) is 5.81. The van der Waals surface area contributed by atoms with Crippen LogP contribution in [0.4, 0.5) is 5.69 Å². The smallest absolute Gasteiger partial charge is 0.249 e. The molecule has 3 aliphatic rings. The van der Waals surface area contributed by atoms with Crippen LogP contribution in [0.15, 0.2) is 24.3 Å². The number of fused-ring (bicyclic) bond motifs is 2. The number of anilines is 1. The number of nitrogens with zero attached hydrogens (tertiary/aromatic N) is 1. The standard InChI is InChI=1S/C19H24ClN3O2.ClH/c20-13-2-1-3-16(11-13)23-7-6-17(19(23)25)22-18(24)10-12-8-14-4-5-15(9-12)21-14;/h1-3,11-12,14-15,17,21H,4-10H2,(H,22,24);1H. The summed E-state index contributed by atoms with van der Waals surface area (Å²) in [6.45, 7) is 0.613. The second-order valence-electron chi connectivity index (χ2n) is 7.56. The second-order valence-corrected chi connectivity index (χ2v) is 7.99. The van der Waals surface area contributed by atoms with Crippen molar-refractivity contribution in [1.29, 1.82) is 0 Å². The molecule has 0 spiro atoms. The Morgan fingerprint density at radius 2 is 1.96 bits per heavy atom. The van der Waals surface area contributed by atoms with Crippen LogP contribution < -0.4 is 15.5 Å². The van der Waals surface area contributed by atoms with Crippen LogP contribution in [0.1, 0.15) is 38.5 Å². The summed E-state index contributed by atoms with van der Waals surface area (Å²) in [5.74, 6) is 0.415. The summed E-state index contributed by atoms with van der Waals surface area (Å²) in [5, 5.41) is 7.17. The molecular weight excluding hydrogens is 373 g/mol. The van der Waals surface area contributed by atoms with Crippen LogP contribution in [0.2, 0.25) is 5.02 Å². The molecule has 3 heterocycles. The molecule has 2 N–H and O–H groups in total. The molecule has 0 aromatic heterocycles. The van der Waals surface area contributed by atoms with E-state index in [1.165, 1.54) is 12.8 Å². The van der Waals surface area contributed by atoms with Gasteiger partial charge in [-0.1, -0.05) is 17.7 Å². The number of benzene rings is 1. The highest BCUT2D eigenvalue weighted by atomic mass is 35.5. The Morgan fingerprint density at radius 1 is 1.23 bits per heavy atom. The Balaban J connectivity index is 0.00000196. The van der Waals surface area contributed by atoms with E-state index in [1.807, 2.05) is 12.1 Å². The van der Waals surface area contributed by atoms with Gasteiger partial charge in [0.2, 0.25) is 11.8 Å². The summed E-state index contributed by atoms with van der Waals surface area (Å²) < 4.78 is 0. The molecule has 2 amide bonds. The van der Waals surface area contributed by atoms with Gasteiger partial charge in [-0.3, -0.25) is 9.59 Å². The van der Waals surface area contributed by atoms with E-state index in [-0.39, 0.29) is 24.2 Å². The van der Waals surface area contributed by atoms with Crippen LogP contribution in [-0.4, -0.2) is 36.5 Å². The molecule has 5 nitrogen and oxygen atoms in total. The highest BCUT2D eigenvalue weighted by molar-refractivity contribution is 6.31. The number of piperidine rings is 1. The molecule has 1 aromatic carbocycles. The molecule has 3 aliphatic heterocycles. The van der Waals surface area contributed by atoms with Gasteiger partial charge in [0.25, 0.3) is 0 Å². The van der Waals surface area contributed by atoms with Gasteiger partial charge in [-0.15, -0.1) is 12.4 Å². The minimum Gasteiger partial charge on any atom is -0.344 e. The van der Waals surface area contributed by atoms with Crippen molar-refractivity contribution in [3.8, 4) is 0 Å². The molecule has 1 aromatic rings. The normalized spacial score (nSPS) is 30.2. The minimum absolute atomic E-state index is 0. The maximum absolute atomic E-state index is 12.6. The van der Waals surface area contributed by atoms with Crippen molar-refractivity contribution < 1.29 is 9.59 Å². The van der Waals surface area contributed by atoms with Gasteiger partial charge in [0.05, 0.1) is 0 Å². The van der Waals surface area contributed by atoms with Crippen molar-refractivity contribution in [2.45, 2.75) is 56.7 Å². The molecule has 3 unspecified atom stereocenters. The molecule has 0 saturated carbocycles. The van der Waals surface area contributed by atoms with Gasteiger partial charge in [0, 0.05) is 35.8 Å². The molecular formula is C19H25Cl2N3O2. The number of carbonyl (C=O) groups excluding carboxylic acids is 2. The molecule has 142 valence electrons. The van der Waals surface area contributed by atoms with Gasteiger partial charge in [0.1, 0.15) is 6.04 Å². The van der Waals surface area contributed by atoms with Crippen LogP contribution in [-0.2, 0) is 9.59 Å². The third kappa shape index (κ3) is 4.16. The number of hydrogen-bond acceptors (Lipinski definition) is 3. The first-order valence-electron chi connectivity index (χ1n) is 9.21. The average molecular weight is 398 g/mol. The Labute approximate surface area is 165 Å². The lowest BCUT2D eigenvalue weighted by Gasteiger charge is -2.28. The number of amides is 2. The monoisotopic (exact) mass is 397 g/mol. The Hall–Kier alpha value is -1.30. The Morgan fingerprint density at radius 3 is 2.65 bits per heavy atom. The zero-order chi connectivity index (χ0) is 17.4. The molecule has 3 fully saturated rings. The fourth-order valence-corrected chi connectivity index (χ4v) is 4.76. The van der Waals surface area contributed by atoms with Gasteiger partial charge < -0.3 is 15.5 Å². The fraction of sp³-hybridized carbons (Fsp3) is 0.579. The summed E-state index contributed by atoms with van der Waals surface area (Å²) in [6, 6.07) is 8.04. The van der Waals surface area contributed by atoms with Crippen LogP contribution >= 0.6 is 24.0 Å².